The first-order valence-corrected chi connectivity index (χ1v) is 8.92. The quantitative estimate of drug-likeness (QED) is 0.390. The Labute approximate surface area is 171 Å². The van der Waals surface area contributed by atoms with Crippen molar-refractivity contribution in [3.8, 4) is 0 Å². The molecule has 30 heavy (non-hydrogen) atoms. The van der Waals surface area contributed by atoms with Crippen molar-refractivity contribution in [3.63, 3.8) is 0 Å². The normalized spacial score (nSPS) is 12.6. The van der Waals surface area contributed by atoms with E-state index in [0.717, 1.165) is 0 Å². The van der Waals surface area contributed by atoms with Gasteiger partial charge in [-0.25, -0.2) is 0 Å². The fourth-order valence-electron chi connectivity index (χ4n) is 2.71. The average molecular weight is 420 g/mol. The summed E-state index contributed by atoms with van der Waals surface area (Å²) in [7, 11) is 3.25. The van der Waals surface area contributed by atoms with Gasteiger partial charge in [-0.2, -0.15) is 9.68 Å². The van der Waals surface area contributed by atoms with Crippen LogP contribution in [-0.4, -0.2) is 42.2 Å². The van der Waals surface area contributed by atoms with Crippen LogP contribution in [0.1, 0.15) is 23.2 Å². The molecular formula is C18H22N5O7+. The first-order chi connectivity index (χ1) is 14.3. The number of nitrogens with one attached hydrogen (secondary N) is 2. The highest BCUT2D eigenvalue weighted by Crippen LogP contribution is 2.21. The number of non-ortho nitro benzene ring substituents is 2. The van der Waals surface area contributed by atoms with Crippen molar-refractivity contribution >= 4 is 11.4 Å². The van der Waals surface area contributed by atoms with Crippen LogP contribution >= 0.6 is 0 Å². The first kappa shape index (κ1) is 22.6. The zero-order chi connectivity index (χ0) is 22.1. The fourth-order valence-corrected chi connectivity index (χ4v) is 2.71. The van der Waals surface area contributed by atoms with Crippen molar-refractivity contribution in [2.75, 3.05) is 27.3 Å². The van der Waals surface area contributed by atoms with E-state index in [-0.39, 0.29) is 29.7 Å². The Kier molecular flexibility index (Phi) is 8.14. The molecule has 0 aromatic heterocycles. The van der Waals surface area contributed by atoms with Crippen LogP contribution < -0.4 is 10.6 Å². The largest absolute Gasteiger partial charge is 0.477 e. The van der Waals surface area contributed by atoms with Crippen LogP contribution in [0.5, 0.6) is 0 Å². The molecule has 12 nitrogen and oxygen atoms in total. The summed E-state index contributed by atoms with van der Waals surface area (Å²) in [5.74, 6) is 0. The van der Waals surface area contributed by atoms with E-state index in [1.165, 1.54) is 24.3 Å². The Morgan fingerprint density at radius 1 is 0.800 bits per heavy atom. The third-order valence-electron chi connectivity index (χ3n) is 4.36. The molecule has 2 N–H and O–H groups in total. The Hall–Kier alpha value is -3.64. The minimum Gasteiger partial charge on any atom is -0.310 e. The predicted molar refractivity (Wildman–Crippen MR) is 105 cm³/mol. The third kappa shape index (κ3) is 6.18. The molecule has 0 unspecified atom stereocenters. The summed E-state index contributed by atoms with van der Waals surface area (Å²) in [6.07, 6.45) is 0. The molecule has 12 heteroatoms. The number of rotatable bonds is 12. The molecule has 0 saturated heterocycles. The summed E-state index contributed by atoms with van der Waals surface area (Å²) in [4.78, 5) is 42.8. The number of hydrogen-bond acceptors (Lipinski definition) is 9. The topological polar surface area (TPSA) is 149 Å². The van der Waals surface area contributed by atoms with Crippen LogP contribution in [0.4, 0.5) is 11.4 Å². The minimum absolute atomic E-state index is 0.0522. The number of hydrogen-bond donors (Lipinski definition) is 2. The van der Waals surface area contributed by atoms with Gasteiger partial charge in [-0.15, -0.1) is 0 Å². The Balaban J connectivity index is 1.93. The zero-order valence-electron chi connectivity index (χ0n) is 16.4. The summed E-state index contributed by atoms with van der Waals surface area (Å²) >= 11 is 0. The molecule has 2 aromatic rings. The number of nitrogens with zero attached hydrogens (tertiary/aromatic N) is 3. The van der Waals surface area contributed by atoms with Crippen LogP contribution in [0.15, 0.2) is 48.5 Å². The molecule has 2 aromatic carbocycles. The lowest BCUT2D eigenvalue weighted by molar-refractivity contribution is -0.982. The fraction of sp³-hybridized carbons (Fsp3) is 0.333. The second-order valence-corrected chi connectivity index (χ2v) is 6.20. The lowest BCUT2D eigenvalue weighted by Crippen LogP contribution is -2.27. The molecule has 0 aliphatic rings. The van der Waals surface area contributed by atoms with E-state index in [1.54, 1.807) is 38.4 Å². The highest BCUT2D eigenvalue weighted by molar-refractivity contribution is 5.36. The molecule has 0 aliphatic heterocycles. The van der Waals surface area contributed by atoms with Crippen LogP contribution in [0, 0.1) is 25.1 Å². The molecule has 0 amide bonds. The third-order valence-corrected chi connectivity index (χ3v) is 4.36. The highest BCUT2D eigenvalue weighted by atomic mass is 17.0. The molecule has 0 aliphatic carbocycles. The predicted octanol–water partition coefficient (Wildman–Crippen LogP) is 2.37. The summed E-state index contributed by atoms with van der Waals surface area (Å²) in [5.41, 5.74) is 1.00. The van der Waals surface area contributed by atoms with E-state index in [2.05, 4.69) is 10.6 Å². The highest BCUT2D eigenvalue weighted by Gasteiger charge is 2.23. The second-order valence-electron chi connectivity index (χ2n) is 6.20. The maximum Gasteiger partial charge on any atom is 0.477 e. The van der Waals surface area contributed by atoms with Gasteiger partial charge in [0.25, 0.3) is 11.4 Å². The van der Waals surface area contributed by atoms with Crippen LogP contribution in [0.25, 0.3) is 0 Å². The summed E-state index contributed by atoms with van der Waals surface area (Å²) in [6.45, 7) is -0.273. The average Bonchev–Trinajstić information content (AvgIpc) is 2.75. The van der Waals surface area contributed by atoms with Crippen molar-refractivity contribution in [1.29, 1.82) is 0 Å². The standard InChI is InChI=1S/C18H22N5O7/c1-19-17(13-5-3-7-15(9-13)21(24)25)11-29-23(28)30-12-18(20-2)14-6-4-8-16(10-14)22(26)27/h3-10,17-20H,11-12H2,1-2H3/q+1/t17-,18-/m1/s1. The van der Waals surface area contributed by atoms with Crippen molar-refractivity contribution < 1.29 is 24.6 Å². The zero-order valence-corrected chi connectivity index (χ0v) is 16.4. The Morgan fingerprint density at radius 3 is 1.53 bits per heavy atom. The van der Waals surface area contributed by atoms with Gasteiger partial charge in [0.15, 0.2) is 13.2 Å². The van der Waals surface area contributed by atoms with Crippen molar-refractivity contribution in [2.45, 2.75) is 12.1 Å². The number of nitro benzene ring substituents is 2. The summed E-state index contributed by atoms with van der Waals surface area (Å²) in [5, 5.41) is 27.6. The Morgan fingerprint density at radius 2 is 1.20 bits per heavy atom. The van der Waals surface area contributed by atoms with Crippen LogP contribution in [-0.2, 0) is 9.68 Å². The minimum atomic E-state index is -0.508. The maximum atomic E-state index is 11.9. The number of likely N-dealkylation sites (N-methyl/N-ethyl adjacent to an activating group) is 2. The SMILES string of the molecule is CN[C@H](CO[N+](=O)OC[C@@H](NC)c1cccc([N+](=O)[O-])c1)c1cccc([N+](=O)[O-])c1. The second kappa shape index (κ2) is 10.8. The van der Waals surface area contributed by atoms with Crippen LogP contribution in [0.3, 0.4) is 0 Å². The smallest absolute Gasteiger partial charge is 0.310 e. The lowest BCUT2D eigenvalue weighted by atomic mass is 10.1. The molecule has 0 radical (unpaired) electrons. The van der Waals surface area contributed by atoms with Gasteiger partial charge in [-0.3, -0.25) is 20.2 Å². The molecule has 2 rings (SSSR count). The molecular weight excluding hydrogens is 398 g/mol. The van der Waals surface area contributed by atoms with E-state index in [0.29, 0.717) is 11.1 Å². The van der Waals surface area contributed by atoms with Gasteiger partial charge in [0.1, 0.15) is 4.91 Å². The van der Waals surface area contributed by atoms with Gasteiger partial charge in [0, 0.05) is 24.3 Å². The van der Waals surface area contributed by atoms with E-state index < -0.39 is 21.9 Å². The summed E-state index contributed by atoms with van der Waals surface area (Å²) < 4.78 is 0. The molecule has 2 atom stereocenters. The van der Waals surface area contributed by atoms with E-state index in [1.807, 2.05) is 0 Å². The van der Waals surface area contributed by atoms with Crippen molar-refractivity contribution in [3.05, 3.63) is 84.8 Å². The number of benzene rings is 2. The van der Waals surface area contributed by atoms with Gasteiger partial charge in [0.05, 0.1) is 21.9 Å². The maximum absolute atomic E-state index is 11.9. The first-order valence-electron chi connectivity index (χ1n) is 8.92. The van der Waals surface area contributed by atoms with Gasteiger partial charge in [-0.1, -0.05) is 24.3 Å². The molecule has 160 valence electrons. The molecule has 0 fully saturated rings. The monoisotopic (exact) mass is 420 g/mol. The van der Waals surface area contributed by atoms with Gasteiger partial charge >= 0.3 is 5.09 Å². The molecule has 0 saturated carbocycles. The Bertz CT molecular complexity index is 836. The molecule has 0 spiro atoms. The van der Waals surface area contributed by atoms with Gasteiger partial charge in [-0.05, 0) is 25.2 Å². The van der Waals surface area contributed by atoms with E-state index >= 15 is 0 Å². The summed E-state index contributed by atoms with van der Waals surface area (Å²) in [6, 6.07) is 11.0. The van der Waals surface area contributed by atoms with Crippen molar-refractivity contribution in [1.82, 2.24) is 10.6 Å². The van der Waals surface area contributed by atoms with Crippen LogP contribution in [0.2, 0.25) is 0 Å². The lowest BCUT2D eigenvalue weighted by Gasteiger charge is -2.14. The molecule has 0 bridgehead atoms. The van der Waals surface area contributed by atoms with Crippen molar-refractivity contribution in [2.24, 2.45) is 0 Å². The van der Waals surface area contributed by atoms with E-state index in [4.69, 9.17) is 9.68 Å². The van der Waals surface area contributed by atoms with E-state index in [9.17, 15) is 25.1 Å². The van der Waals surface area contributed by atoms with Gasteiger partial charge in [0.2, 0.25) is 0 Å². The number of nitro groups is 2. The molecule has 0 heterocycles. The van der Waals surface area contributed by atoms with Gasteiger partial charge < -0.3 is 10.6 Å².